The summed E-state index contributed by atoms with van der Waals surface area (Å²) in [6.07, 6.45) is 0. The number of anilines is 1. The second kappa shape index (κ2) is 9.64. The molecule has 1 N–H and O–H groups in total. The Morgan fingerprint density at radius 2 is 1.52 bits per heavy atom. The van der Waals surface area contributed by atoms with Gasteiger partial charge in [0.2, 0.25) is 0 Å². The van der Waals surface area contributed by atoms with Crippen molar-refractivity contribution in [2.24, 2.45) is 0 Å². The Kier molecular flexibility index (Phi) is 6.74. The Morgan fingerprint density at radius 3 is 2.21 bits per heavy atom. The van der Waals surface area contributed by atoms with Gasteiger partial charge in [-0.25, -0.2) is 0 Å². The van der Waals surface area contributed by atoms with E-state index >= 15 is 0 Å². The number of carbonyl (C=O) groups excluding carboxylic acids is 1. The fourth-order valence-electron chi connectivity index (χ4n) is 2.80. The van der Waals surface area contributed by atoms with E-state index in [-0.39, 0.29) is 5.91 Å². The summed E-state index contributed by atoms with van der Waals surface area (Å²) in [7, 11) is 0. The first kappa shape index (κ1) is 20.3. The number of benzene rings is 3. The molecule has 0 spiro atoms. The van der Waals surface area contributed by atoms with Crippen molar-refractivity contribution in [1.82, 2.24) is 0 Å². The van der Waals surface area contributed by atoms with Crippen molar-refractivity contribution in [3.8, 4) is 23.0 Å². The fourth-order valence-corrected chi connectivity index (χ4v) is 2.80. The van der Waals surface area contributed by atoms with Crippen LogP contribution in [0, 0.1) is 6.92 Å². The molecule has 0 aliphatic rings. The van der Waals surface area contributed by atoms with Crippen LogP contribution in [0.1, 0.15) is 29.8 Å². The van der Waals surface area contributed by atoms with Gasteiger partial charge >= 0.3 is 0 Å². The van der Waals surface area contributed by atoms with Crippen LogP contribution in [-0.4, -0.2) is 19.1 Å². The molecular weight excluding hydrogens is 366 g/mol. The smallest absolute Gasteiger partial charge is 0.255 e. The summed E-state index contributed by atoms with van der Waals surface area (Å²) in [6.45, 7) is 6.82. The summed E-state index contributed by atoms with van der Waals surface area (Å²) in [4.78, 5) is 12.6. The van der Waals surface area contributed by atoms with Gasteiger partial charge in [-0.15, -0.1) is 0 Å². The maximum Gasteiger partial charge on any atom is 0.255 e. The van der Waals surface area contributed by atoms with Gasteiger partial charge in [-0.2, -0.15) is 0 Å². The van der Waals surface area contributed by atoms with Gasteiger partial charge in [0.05, 0.1) is 13.2 Å². The Balaban J connectivity index is 1.69. The molecule has 5 nitrogen and oxygen atoms in total. The van der Waals surface area contributed by atoms with E-state index in [0.29, 0.717) is 41.7 Å². The predicted molar refractivity (Wildman–Crippen MR) is 114 cm³/mol. The first-order chi connectivity index (χ1) is 14.1. The second-order valence-corrected chi connectivity index (χ2v) is 6.37. The summed E-state index contributed by atoms with van der Waals surface area (Å²) in [5.74, 6) is 2.48. The number of carbonyl (C=O) groups is 1. The number of aryl methyl sites for hydroxylation is 1. The van der Waals surface area contributed by atoms with Crippen LogP contribution < -0.4 is 19.5 Å². The lowest BCUT2D eigenvalue weighted by Gasteiger charge is -2.13. The van der Waals surface area contributed by atoms with Gasteiger partial charge in [0.1, 0.15) is 11.5 Å². The van der Waals surface area contributed by atoms with Crippen LogP contribution in [0.2, 0.25) is 0 Å². The topological polar surface area (TPSA) is 56.8 Å². The average Bonchev–Trinajstić information content (AvgIpc) is 2.73. The Morgan fingerprint density at radius 1 is 0.828 bits per heavy atom. The number of amides is 1. The summed E-state index contributed by atoms with van der Waals surface area (Å²) < 4.78 is 17.0. The molecule has 0 atom stereocenters. The van der Waals surface area contributed by atoms with Crippen LogP contribution in [-0.2, 0) is 0 Å². The van der Waals surface area contributed by atoms with Crippen molar-refractivity contribution in [1.29, 1.82) is 0 Å². The molecule has 0 radical (unpaired) electrons. The minimum atomic E-state index is -0.221. The zero-order valence-corrected chi connectivity index (χ0v) is 16.9. The molecule has 5 heteroatoms. The Hall–Kier alpha value is -3.47. The molecular formula is C24H25NO4. The van der Waals surface area contributed by atoms with Gasteiger partial charge in [0.25, 0.3) is 5.91 Å². The average molecular weight is 391 g/mol. The SMILES string of the molecule is CCOc1ccc(C(=O)Nc2ccc(Oc3ccccc3C)cc2)cc1OCC. The number of para-hydroxylation sites is 1. The van der Waals surface area contributed by atoms with E-state index in [9.17, 15) is 4.79 Å². The van der Waals surface area contributed by atoms with E-state index in [1.807, 2.05) is 69.3 Å². The summed E-state index contributed by atoms with van der Waals surface area (Å²) in [5.41, 5.74) is 2.24. The minimum Gasteiger partial charge on any atom is -0.490 e. The quantitative estimate of drug-likeness (QED) is 0.524. The molecule has 3 aromatic carbocycles. The molecule has 0 aliphatic heterocycles. The highest BCUT2D eigenvalue weighted by atomic mass is 16.5. The number of rotatable bonds is 8. The maximum atomic E-state index is 12.6. The molecule has 0 aliphatic carbocycles. The monoisotopic (exact) mass is 391 g/mol. The maximum absolute atomic E-state index is 12.6. The van der Waals surface area contributed by atoms with E-state index in [4.69, 9.17) is 14.2 Å². The van der Waals surface area contributed by atoms with Crippen LogP contribution in [0.5, 0.6) is 23.0 Å². The van der Waals surface area contributed by atoms with Gasteiger partial charge in [-0.05, 0) is 74.9 Å². The van der Waals surface area contributed by atoms with Crippen LogP contribution in [0.15, 0.2) is 66.7 Å². The van der Waals surface area contributed by atoms with E-state index < -0.39 is 0 Å². The molecule has 0 fully saturated rings. The van der Waals surface area contributed by atoms with Crippen molar-refractivity contribution < 1.29 is 19.0 Å². The van der Waals surface area contributed by atoms with Gasteiger partial charge in [-0.1, -0.05) is 18.2 Å². The van der Waals surface area contributed by atoms with Crippen LogP contribution in [0.25, 0.3) is 0 Å². The lowest BCUT2D eigenvalue weighted by atomic mass is 10.1. The van der Waals surface area contributed by atoms with Crippen molar-refractivity contribution >= 4 is 11.6 Å². The zero-order valence-electron chi connectivity index (χ0n) is 16.9. The van der Waals surface area contributed by atoms with E-state index in [1.165, 1.54) is 0 Å². The first-order valence-corrected chi connectivity index (χ1v) is 9.65. The highest BCUT2D eigenvalue weighted by Gasteiger charge is 2.12. The molecule has 0 unspecified atom stereocenters. The van der Waals surface area contributed by atoms with Crippen molar-refractivity contribution in [2.45, 2.75) is 20.8 Å². The summed E-state index contributed by atoms with van der Waals surface area (Å²) in [5, 5.41) is 2.89. The Bertz CT molecular complexity index is 967. The van der Waals surface area contributed by atoms with Gasteiger partial charge in [-0.3, -0.25) is 4.79 Å². The normalized spacial score (nSPS) is 10.3. The van der Waals surface area contributed by atoms with Crippen LogP contribution >= 0.6 is 0 Å². The number of ether oxygens (including phenoxy) is 3. The Labute approximate surface area is 171 Å². The summed E-state index contributed by atoms with van der Waals surface area (Å²) >= 11 is 0. The number of hydrogen-bond acceptors (Lipinski definition) is 4. The highest BCUT2D eigenvalue weighted by molar-refractivity contribution is 6.04. The number of hydrogen-bond donors (Lipinski definition) is 1. The van der Waals surface area contributed by atoms with Crippen molar-refractivity contribution in [3.63, 3.8) is 0 Å². The number of nitrogens with one attached hydrogen (secondary N) is 1. The van der Waals surface area contributed by atoms with Gasteiger partial charge < -0.3 is 19.5 Å². The molecule has 0 saturated heterocycles. The van der Waals surface area contributed by atoms with Gasteiger partial charge in [0, 0.05) is 11.3 Å². The molecule has 3 rings (SSSR count). The third kappa shape index (κ3) is 5.29. The lowest BCUT2D eigenvalue weighted by Crippen LogP contribution is -2.12. The predicted octanol–water partition coefficient (Wildman–Crippen LogP) is 5.84. The van der Waals surface area contributed by atoms with Crippen LogP contribution in [0.4, 0.5) is 5.69 Å². The molecule has 0 heterocycles. The molecule has 3 aromatic rings. The molecule has 0 bridgehead atoms. The zero-order chi connectivity index (χ0) is 20.6. The molecule has 29 heavy (non-hydrogen) atoms. The lowest BCUT2D eigenvalue weighted by molar-refractivity contribution is 0.102. The fraction of sp³-hybridized carbons (Fsp3) is 0.208. The van der Waals surface area contributed by atoms with Crippen molar-refractivity contribution in [2.75, 3.05) is 18.5 Å². The van der Waals surface area contributed by atoms with Crippen molar-refractivity contribution in [3.05, 3.63) is 77.9 Å². The molecule has 1 amide bonds. The summed E-state index contributed by atoms with van der Waals surface area (Å²) in [6, 6.07) is 20.3. The van der Waals surface area contributed by atoms with Crippen LogP contribution in [0.3, 0.4) is 0 Å². The first-order valence-electron chi connectivity index (χ1n) is 9.65. The standard InChI is InChI=1S/C24H25NO4/c1-4-27-22-15-10-18(16-23(22)28-5-2)24(26)25-19-11-13-20(14-12-19)29-21-9-7-6-8-17(21)3/h6-16H,4-5H2,1-3H3,(H,25,26). The third-order valence-electron chi connectivity index (χ3n) is 4.24. The van der Waals surface area contributed by atoms with E-state index in [2.05, 4.69) is 5.32 Å². The third-order valence-corrected chi connectivity index (χ3v) is 4.24. The molecule has 150 valence electrons. The molecule has 0 aromatic heterocycles. The second-order valence-electron chi connectivity index (χ2n) is 6.37. The minimum absolute atomic E-state index is 0.221. The highest BCUT2D eigenvalue weighted by Crippen LogP contribution is 2.29. The van der Waals surface area contributed by atoms with Gasteiger partial charge in [0.15, 0.2) is 11.5 Å². The molecule has 0 saturated carbocycles. The van der Waals surface area contributed by atoms with E-state index in [0.717, 1.165) is 11.3 Å². The largest absolute Gasteiger partial charge is 0.490 e. The van der Waals surface area contributed by atoms with E-state index in [1.54, 1.807) is 18.2 Å².